The van der Waals surface area contributed by atoms with Crippen LogP contribution < -0.4 is 10.1 Å². The highest BCUT2D eigenvalue weighted by molar-refractivity contribution is 9.10. The lowest BCUT2D eigenvalue weighted by molar-refractivity contribution is 0.0697. The van der Waals surface area contributed by atoms with Crippen molar-refractivity contribution in [3.63, 3.8) is 0 Å². The molecule has 0 fully saturated rings. The van der Waals surface area contributed by atoms with Gasteiger partial charge in [0.25, 0.3) is 0 Å². The third-order valence-corrected chi connectivity index (χ3v) is 5.07. The molecule has 0 aliphatic carbocycles. The van der Waals surface area contributed by atoms with E-state index in [-0.39, 0.29) is 5.56 Å². The van der Waals surface area contributed by atoms with Gasteiger partial charge in [0, 0.05) is 15.9 Å². The minimum absolute atomic E-state index is 0.207. The van der Waals surface area contributed by atoms with Crippen LogP contribution in [0.15, 0.2) is 28.7 Å². The summed E-state index contributed by atoms with van der Waals surface area (Å²) in [6.07, 6.45) is 0. The van der Waals surface area contributed by atoms with Gasteiger partial charge < -0.3 is 15.2 Å². The molecule has 7 heteroatoms. The van der Waals surface area contributed by atoms with Crippen molar-refractivity contribution in [2.45, 2.75) is 6.54 Å². The number of anilines is 1. The lowest BCUT2D eigenvalue weighted by Crippen LogP contribution is -2.03. The van der Waals surface area contributed by atoms with Crippen LogP contribution in [-0.4, -0.2) is 18.2 Å². The van der Waals surface area contributed by atoms with Crippen molar-refractivity contribution in [3.05, 3.63) is 43.5 Å². The Labute approximate surface area is 133 Å². The molecule has 2 aromatic rings. The first kappa shape index (κ1) is 15.2. The molecule has 1 aromatic heterocycles. The van der Waals surface area contributed by atoms with Crippen LogP contribution in [0.3, 0.4) is 0 Å². The Kier molecular flexibility index (Phi) is 4.91. The molecule has 0 saturated carbocycles. The van der Waals surface area contributed by atoms with Gasteiger partial charge in [0.05, 0.1) is 18.4 Å². The lowest BCUT2D eigenvalue weighted by Gasteiger charge is -2.11. The number of hydrogen-bond acceptors (Lipinski definition) is 4. The van der Waals surface area contributed by atoms with Crippen LogP contribution in [0.4, 0.5) is 5.69 Å². The number of halogens is 2. The second-order valence-corrected chi connectivity index (χ2v) is 6.50. The largest absolute Gasteiger partial charge is 0.495 e. The quantitative estimate of drug-likeness (QED) is 0.807. The maximum Gasteiger partial charge on any atom is 0.335 e. The van der Waals surface area contributed by atoms with Crippen molar-refractivity contribution < 1.29 is 14.6 Å². The predicted molar refractivity (Wildman–Crippen MR) is 84.3 cm³/mol. The Balaban J connectivity index is 2.18. The van der Waals surface area contributed by atoms with Gasteiger partial charge in [0.1, 0.15) is 10.1 Å². The number of carbonyl (C=O) groups is 1. The van der Waals surface area contributed by atoms with Gasteiger partial charge in [-0.2, -0.15) is 0 Å². The van der Waals surface area contributed by atoms with Gasteiger partial charge in [-0.1, -0.05) is 11.6 Å². The minimum atomic E-state index is -0.974. The normalized spacial score (nSPS) is 10.3. The summed E-state index contributed by atoms with van der Waals surface area (Å²) in [5.41, 5.74) is 0.840. The fraction of sp³-hybridized carbons (Fsp3) is 0.154. The van der Waals surface area contributed by atoms with Gasteiger partial charge in [0.15, 0.2) is 0 Å². The van der Waals surface area contributed by atoms with Crippen molar-refractivity contribution in [3.8, 4) is 5.75 Å². The van der Waals surface area contributed by atoms with Gasteiger partial charge in [-0.15, -0.1) is 11.3 Å². The summed E-state index contributed by atoms with van der Waals surface area (Å²) in [6.45, 7) is 0.537. The second-order valence-electron chi connectivity index (χ2n) is 3.91. The summed E-state index contributed by atoms with van der Waals surface area (Å²) in [4.78, 5) is 12.0. The SMILES string of the molecule is COc1ccc(C(=O)O)cc1NCc1cc(Br)c(Cl)s1. The minimum Gasteiger partial charge on any atom is -0.495 e. The summed E-state index contributed by atoms with van der Waals surface area (Å²) in [7, 11) is 1.54. The number of ether oxygens (including phenoxy) is 1. The van der Waals surface area contributed by atoms with E-state index in [2.05, 4.69) is 21.2 Å². The van der Waals surface area contributed by atoms with Crippen molar-refractivity contribution >= 4 is 50.5 Å². The number of methoxy groups -OCH3 is 1. The zero-order valence-corrected chi connectivity index (χ0v) is 13.6. The van der Waals surface area contributed by atoms with Crippen LogP contribution in [0.25, 0.3) is 0 Å². The van der Waals surface area contributed by atoms with Crippen LogP contribution in [0.2, 0.25) is 4.34 Å². The molecule has 106 valence electrons. The fourth-order valence-corrected chi connectivity index (χ4v) is 3.37. The summed E-state index contributed by atoms with van der Waals surface area (Å²) >= 11 is 10.8. The van der Waals surface area contributed by atoms with Crippen molar-refractivity contribution in [1.29, 1.82) is 0 Å². The summed E-state index contributed by atoms with van der Waals surface area (Å²) in [5.74, 6) is -0.380. The monoisotopic (exact) mass is 375 g/mol. The molecule has 0 amide bonds. The number of hydrogen-bond donors (Lipinski definition) is 2. The van der Waals surface area contributed by atoms with Crippen molar-refractivity contribution in [2.75, 3.05) is 12.4 Å². The first-order valence-corrected chi connectivity index (χ1v) is 7.59. The van der Waals surface area contributed by atoms with E-state index in [4.69, 9.17) is 21.4 Å². The highest BCUT2D eigenvalue weighted by atomic mass is 79.9. The molecule has 0 bridgehead atoms. The van der Waals surface area contributed by atoms with E-state index in [0.29, 0.717) is 22.3 Å². The van der Waals surface area contributed by atoms with Gasteiger partial charge >= 0.3 is 5.97 Å². The molecular weight excluding hydrogens is 366 g/mol. The van der Waals surface area contributed by atoms with E-state index in [1.165, 1.54) is 17.4 Å². The third-order valence-electron chi connectivity index (χ3n) is 2.60. The van der Waals surface area contributed by atoms with Gasteiger partial charge in [-0.05, 0) is 40.2 Å². The fourth-order valence-electron chi connectivity index (χ4n) is 1.64. The molecule has 0 aliphatic heterocycles. The van der Waals surface area contributed by atoms with Crippen LogP contribution in [-0.2, 0) is 6.54 Å². The molecule has 2 rings (SSSR count). The zero-order chi connectivity index (χ0) is 14.7. The molecule has 1 aromatic carbocycles. The standard InChI is InChI=1S/C13H11BrClNO3S/c1-19-11-3-2-7(13(17)18)4-10(11)16-6-8-5-9(14)12(15)20-8/h2-5,16H,6H2,1H3,(H,17,18). The molecule has 0 atom stereocenters. The number of aromatic carboxylic acids is 1. The summed E-state index contributed by atoms with van der Waals surface area (Å²) < 4.78 is 6.75. The van der Waals surface area contributed by atoms with E-state index < -0.39 is 5.97 Å². The molecule has 1 heterocycles. The number of rotatable bonds is 5. The lowest BCUT2D eigenvalue weighted by atomic mass is 10.2. The predicted octanol–water partition coefficient (Wildman–Crippen LogP) is 4.48. The zero-order valence-electron chi connectivity index (χ0n) is 10.4. The van der Waals surface area contributed by atoms with Crippen LogP contribution in [0.1, 0.15) is 15.2 Å². The molecule has 0 spiro atoms. The highest BCUT2D eigenvalue weighted by Crippen LogP contribution is 2.33. The van der Waals surface area contributed by atoms with E-state index in [1.54, 1.807) is 19.2 Å². The van der Waals surface area contributed by atoms with E-state index in [9.17, 15) is 4.79 Å². The van der Waals surface area contributed by atoms with Crippen molar-refractivity contribution in [1.82, 2.24) is 0 Å². The van der Waals surface area contributed by atoms with E-state index in [1.807, 2.05) is 6.07 Å². The average Bonchev–Trinajstić information content (AvgIpc) is 2.75. The van der Waals surface area contributed by atoms with Crippen LogP contribution in [0, 0.1) is 0 Å². The Morgan fingerprint density at radius 2 is 2.25 bits per heavy atom. The molecule has 0 aliphatic rings. The Morgan fingerprint density at radius 1 is 1.50 bits per heavy atom. The second kappa shape index (κ2) is 6.47. The van der Waals surface area contributed by atoms with E-state index in [0.717, 1.165) is 9.35 Å². The van der Waals surface area contributed by atoms with Gasteiger partial charge in [-0.25, -0.2) is 4.79 Å². The Bertz CT molecular complexity index is 625. The van der Waals surface area contributed by atoms with Crippen molar-refractivity contribution in [2.24, 2.45) is 0 Å². The smallest absolute Gasteiger partial charge is 0.335 e. The van der Waals surface area contributed by atoms with Gasteiger partial charge in [-0.3, -0.25) is 0 Å². The highest BCUT2D eigenvalue weighted by Gasteiger charge is 2.10. The molecule has 2 N–H and O–H groups in total. The molecule has 0 unspecified atom stereocenters. The number of carboxylic acid groups (broad SMARTS) is 1. The molecule has 0 saturated heterocycles. The maximum absolute atomic E-state index is 11.0. The van der Waals surface area contributed by atoms with Crippen LogP contribution >= 0.6 is 38.9 Å². The summed E-state index contributed by atoms with van der Waals surface area (Å²) in [5, 5.41) is 12.2. The Morgan fingerprint density at radius 3 is 2.80 bits per heavy atom. The first-order valence-electron chi connectivity index (χ1n) is 5.60. The molecule has 0 radical (unpaired) electrons. The Hall–Kier alpha value is -1.24. The maximum atomic E-state index is 11.0. The first-order chi connectivity index (χ1) is 9.51. The van der Waals surface area contributed by atoms with E-state index >= 15 is 0 Å². The third kappa shape index (κ3) is 3.45. The summed E-state index contributed by atoms with van der Waals surface area (Å²) in [6, 6.07) is 6.60. The molecule has 20 heavy (non-hydrogen) atoms. The van der Waals surface area contributed by atoms with Gasteiger partial charge in [0.2, 0.25) is 0 Å². The topological polar surface area (TPSA) is 58.6 Å². The molecular formula is C13H11BrClNO3S. The number of carboxylic acids is 1. The number of benzene rings is 1. The average molecular weight is 377 g/mol. The number of thiophene rings is 1. The molecule has 4 nitrogen and oxygen atoms in total. The number of nitrogens with one attached hydrogen (secondary N) is 1. The van der Waals surface area contributed by atoms with Crippen LogP contribution in [0.5, 0.6) is 5.75 Å².